The average Bonchev–Trinajstić information content (AvgIpc) is 3.50. The van der Waals surface area contributed by atoms with Gasteiger partial charge in [0, 0.05) is 31.3 Å². The summed E-state index contributed by atoms with van der Waals surface area (Å²) in [5.41, 5.74) is 4.97. The van der Waals surface area contributed by atoms with Crippen molar-refractivity contribution in [1.82, 2.24) is 24.6 Å². The van der Waals surface area contributed by atoms with Crippen LogP contribution in [-0.2, 0) is 0 Å². The monoisotopic (exact) mass is 443 g/mol. The Morgan fingerprint density at radius 1 is 0.939 bits per heavy atom. The first-order valence-electron chi connectivity index (χ1n) is 12.0. The molecular formula is C25H29N7O. The summed E-state index contributed by atoms with van der Waals surface area (Å²) in [5, 5.41) is 18.5. The Morgan fingerprint density at radius 2 is 1.67 bits per heavy atom. The highest BCUT2D eigenvalue weighted by atomic mass is 16.3. The smallest absolute Gasteiger partial charge is 0.160 e. The number of fused-ring (bicyclic) bond motifs is 2. The number of nitrogens with one attached hydrogen (secondary N) is 1. The molecule has 2 fully saturated rings. The van der Waals surface area contributed by atoms with Crippen LogP contribution in [0.4, 0.5) is 11.6 Å². The van der Waals surface area contributed by atoms with Crippen molar-refractivity contribution in [2.75, 3.05) is 23.3 Å². The third-order valence-corrected chi connectivity index (χ3v) is 6.88. The van der Waals surface area contributed by atoms with Crippen LogP contribution in [0.1, 0.15) is 44.2 Å². The molecule has 1 saturated heterocycles. The second kappa shape index (κ2) is 8.26. The molecule has 0 spiro atoms. The van der Waals surface area contributed by atoms with Gasteiger partial charge in [0.05, 0.1) is 22.8 Å². The van der Waals surface area contributed by atoms with Gasteiger partial charge in [-0.2, -0.15) is 9.61 Å². The highest BCUT2D eigenvalue weighted by molar-refractivity contribution is 5.78. The van der Waals surface area contributed by atoms with E-state index in [1.807, 2.05) is 41.8 Å². The third kappa shape index (κ3) is 3.88. The van der Waals surface area contributed by atoms with Crippen molar-refractivity contribution < 1.29 is 5.11 Å². The number of aryl methyl sites for hydroxylation is 1. The van der Waals surface area contributed by atoms with Crippen LogP contribution >= 0.6 is 0 Å². The molecule has 1 saturated carbocycles. The molecule has 0 radical (unpaired) electrons. The average molecular weight is 444 g/mol. The van der Waals surface area contributed by atoms with Gasteiger partial charge >= 0.3 is 0 Å². The summed E-state index contributed by atoms with van der Waals surface area (Å²) in [4.78, 5) is 16.9. The number of benzene rings is 1. The van der Waals surface area contributed by atoms with Crippen LogP contribution in [0.25, 0.3) is 28.1 Å². The SMILES string of the molecule is Cc1nc2ccccc2nc1-c1cc2nc(N3CCCC3)cc(N[C@H]3CC[C@H](O)CC3)n2n1. The molecule has 8 nitrogen and oxygen atoms in total. The molecular weight excluding hydrogens is 414 g/mol. The van der Waals surface area contributed by atoms with Crippen LogP contribution in [0.3, 0.4) is 0 Å². The summed E-state index contributed by atoms with van der Waals surface area (Å²) in [7, 11) is 0. The zero-order chi connectivity index (χ0) is 22.4. The lowest BCUT2D eigenvalue weighted by Crippen LogP contribution is -2.29. The zero-order valence-corrected chi connectivity index (χ0v) is 18.9. The molecule has 0 unspecified atom stereocenters. The van der Waals surface area contributed by atoms with Gasteiger partial charge in [0.2, 0.25) is 0 Å². The Morgan fingerprint density at radius 3 is 2.42 bits per heavy atom. The van der Waals surface area contributed by atoms with Gasteiger partial charge in [-0.3, -0.25) is 0 Å². The van der Waals surface area contributed by atoms with Crippen LogP contribution in [0.15, 0.2) is 36.4 Å². The number of aromatic nitrogens is 5. The van der Waals surface area contributed by atoms with Gasteiger partial charge in [-0.05, 0) is 57.6 Å². The van der Waals surface area contributed by atoms with E-state index in [2.05, 4.69) is 16.3 Å². The van der Waals surface area contributed by atoms with Crippen LogP contribution in [0.5, 0.6) is 0 Å². The lowest BCUT2D eigenvalue weighted by molar-refractivity contribution is 0.126. The molecule has 1 aliphatic heterocycles. The second-order valence-corrected chi connectivity index (χ2v) is 9.29. The third-order valence-electron chi connectivity index (χ3n) is 6.88. The minimum absolute atomic E-state index is 0.175. The van der Waals surface area contributed by atoms with Crippen molar-refractivity contribution >= 4 is 28.3 Å². The van der Waals surface area contributed by atoms with E-state index in [-0.39, 0.29) is 6.10 Å². The number of aliphatic hydroxyl groups is 1. The van der Waals surface area contributed by atoms with Gasteiger partial charge < -0.3 is 15.3 Å². The molecule has 0 bridgehead atoms. The van der Waals surface area contributed by atoms with E-state index in [4.69, 9.17) is 20.1 Å². The fourth-order valence-corrected chi connectivity index (χ4v) is 5.05. The van der Waals surface area contributed by atoms with E-state index in [1.54, 1.807) is 0 Å². The Labute approximate surface area is 192 Å². The van der Waals surface area contributed by atoms with Crippen molar-refractivity contribution in [3.63, 3.8) is 0 Å². The number of para-hydroxylation sites is 2. The number of anilines is 2. The topological polar surface area (TPSA) is 91.5 Å². The summed E-state index contributed by atoms with van der Waals surface area (Å²) in [6, 6.07) is 12.4. The highest BCUT2D eigenvalue weighted by Crippen LogP contribution is 2.29. The summed E-state index contributed by atoms with van der Waals surface area (Å²) in [5.74, 6) is 1.94. The van der Waals surface area contributed by atoms with Crippen molar-refractivity contribution in [1.29, 1.82) is 0 Å². The summed E-state index contributed by atoms with van der Waals surface area (Å²) < 4.78 is 1.90. The van der Waals surface area contributed by atoms with Gasteiger partial charge in [0.15, 0.2) is 5.65 Å². The van der Waals surface area contributed by atoms with E-state index < -0.39 is 0 Å². The fourth-order valence-electron chi connectivity index (χ4n) is 5.05. The van der Waals surface area contributed by atoms with E-state index in [0.717, 1.165) is 84.2 Å². The molecule has 8 heteroatoms. The number of rotatable bonds is 4. The van der Waals surface area contributed by atoms with E-state index in [1.165, 1.54) is 12.8 Å². The maximum Gasteiger partial charge on any atom is 0.160 e. The minimum Gasteiger partial charge on any atom is -0.393 e. The van der Waals surface area contributed by atoms with Crippen LogP contribution in [-0.4, -0.2) is 54.9 Å². The maximum atomic E-state index is 9.91. The van der Waals surface area contributed by atoms with Crippen molar-refractivity contribution in [2.45, 2.75) is 57.6 Å². The van der Waals surface area contributed by atoms with E-state index in [0.29, 0.717) is 6.04 Å². The molecule has 1 aliphatic carbocycles. The molecule has 6 rings (SSSR count). The number of hydrogen-bond acceptors (Lipinski definition) is 7. The molecule has 170 valence electrons. The fraction of sp³-hybridized carbons (Fsp3) is 0.440. The normalized spacial score (nSPS) is 21.2. The standard InChI is InChI=1S/C25H29N7O/c1-16-25(28-20-7-3-2-6-19(20)26-16)21-14-23-29-22(31-12-4-5-13-31)15-24(32(23)30-21)27-17-8-10-18(33)11-9-17/h2-3,6-7,14-15,17-18,27,33H,4-5,8-13H2,1H3/t17-,18-. The van der Waals surface area contributed by atoms with Gasteiger partial charge in [0.1, 0.15) is 23.0 Å². The molecule has 1 aromatic carbocycles. The molecule has 4 heterocycles. The van der Waals surface area contributed by atoms with Gasteiger partial charge in [-0.15, -0.1) is 0 Å². The second-order valence-electron chi connectivity index (χ2n) is 9.29. The van der Waals surface area contributed by atoms with Crippen molar-refractivity contribution in [3.05, 3.63) is 42.1 Å². The number of hydrogen-bond donors (Lipinski definition) is 2. The van der Waals surface area contributed by atoms with Gasteiger partial charge in [-0.25, -0.2) is 15.0 Å². The maximum absolute atomic E-state index is 9.91. The minimum atomic E-state index is -0.175. The Hall–Kier alpha value is -3.26. The lowest BCUT2D eigenvalue weighted by atomic mass is 9.93. The van der Waals surface area contributed by atoms with Gasteiger partial charge in [-0.1, -0.05) is 12.1 Å². The first-order valence-corrected chi connectivity index (χ1v) is 12.0. The van der Waals surface area contributed by atoms with E-state index in [9.17, 15) is 5.11 Å². The molecule has 33 heavy (non-hydrogen) atoms. The zero-order valence-electron chi connectivity index (χ0n) is 18.9. The summed E-state index contributed by atoms with van der Waals surface area (Å²) in [6.45, 7) is 4.05. The lowest BCUT2D eigenvalue weighted by Gasteiger charge is -2.27. The molecule has 4 aromatic rings. The summed E-state index contributed by atoms with van der Waals surface area (Å²) in [6.07, 6.45) is 5.80. The highest BCUT2D eigenvalue weighted by Gasteiger charge is 2.23. The number of aliphatic hydroxyl groups excluding tert-OH is 1. The molecule has 2 N–H and O–H groups in total. The van der Waals surface area contributed by atoms with Crippen molar-refractivity contribution in [2.24, 2.45) is 0 Å². The quantitative estimate of drug-likeness (QED) is 0.493. The first-order chi connectivity index (χ1) is 16.1. The number of nitrogens with zero attached hydrogens (tertiary/aromatic N) is 6. The predicted octanol–water partition coefficient (Wildman–Crippen LogP) is 3.96. The van der Waals surface area contributed by atoms with Gasteiger partial charge in [0.25, 0.3) is 0 Å². The first kappa shape index (κ1) is 20.4. The van der Waals surface area contributed by atoms with E-state index >= 15 is 0 Å². The predicted molar refractivity (Wildman–Crippen MR) is 130 cm³/mol. The van der Waals surface area contributed by atoms with Crippen molar-refractivity contribution in [3.8, 4) is 11.4 Å². The summed E-state index contributed by atoms with van der Waals surface area (Å²) >= 11 is 0. The van der Waals surface area contributed by atoms with Crippen LogP contribution < -0.4 is 10.2 Å². The molecule has 2 aliphatic rings. The largest absolute Gasteiger partial charge is 0.393 e. The van der Waals surface area contributed by atoms with Crippen LogP contribution in [0, 0.1) is 6.92 Å². The molecule has 0 atom stereocenters. The Bertz CT molecular complexity index is 1300. The molecule has 0 amide bonds. The molecule has 3 aromatic heterocycles. The Kier molecular flexibility index (Phi) is 5.10. The van der Waals surface area contributed by atoms with Crippen LogP contribution in [0.2, 0.25) is 0 Å². The Balaban J connectivity index is 1.44.